The van der Waals surface area contributed by atoms with Crippen molar-refractivity contribution in [3.63, 3.8) is 0 Å². The topological polar surface area (TPSA) is 65.0 Å². The van der Waals surface area contributed by atoms with Gasteiger partial charge >= 0.3 is 16.3 Å². The molecule has 0 fully saturated rings. The average Bonchev–Trinajstić information content (AvgIpc) is 3.18. The average molecular weight is 534 g/mol. The number of hydrogen-bond donors (Lipinski definition) is 0. The van der Waals surface area contributed by atoms with E-state index < -0.39 is 50.5 Å². The number of oxime groups is 1. The standard InChI is InChI=1S/C22H13Cl2F4NO4S/c23-15-9-14(10-16(24)11-15)21(22(26,27)28)12-19(29-33-21)32-34(30,31)18-8-4-7-17(20(18)25)13-5-2-1-3-6-13/h1-11H,12H2. The van der Waals surface area contributed by atoms with E-state index >= 15 is 4.39 Å². The fourth-order valence-corrected chi connectivity index (χ4v) is 4.96. The second-order valence-corrected chi connectivity index (χ2v) is 9.64. The zero-order valence-electron chi connectivity index (χ0n) is 16.8. The summed E-state index contributed by atoms with van der Waals surface area (Å²) in [6.07, 6.45) is -6.20. The number of rotatable bonds is 4. The normalized spacial score (nSPS) is 18.4. The van der Waals surface area contributed by atoms with E-state index in [0.717, 1.165) is 18.2 Å². The van der Waals surface area contributed by atoms with Crippen LogP contribution in [0.4, 0.5) is 17.6 Å². The Bertz CT molecular complexity index is 1360. The summed E-state index contributed by atoms with van der Waals surface area (Å²) in [5.74, 6) is -2.05. The maximum atomic E-state index is 15.1. The lowest BCUT2D eigenvalue weighted by molar-refractivity contribution is -0.275. The van der Waals surface area contributed by atoms with Crippen LogP contribution in [0.15, 0.2) is 76.8 Å². The third kappa shape index (κ3) is 4.45. The van der Waals surface area contributed by atoms with E-state index in [9.17, 15) is 21.6 Å². The zero-order valence-corrected chi connectivity index (χ0v) is 19.1. The monoisotopic (exact) mass is 533 g/mol. The third-order valence-corrected chi connectivity index (χ3v) is 6.72. The Labute approximate surface area is 201 Å². The van der Waals surface area contributed by atoms with Crippen LogP contribution < -0.4 is 0 Å². The van der Waals surface area contributed by atoms with Gasteiger partial charge in [-0.2, -0.15) is 21.6 Å². The second-order valence-electron chi connectivity index (χ2n) is 7.26. The van der Waals surface area contributed by atoms with Gasteiger partial charge in [0.15, 0.2) is 5.82 Å². The van der Waals surface area contributed by atoms with Crippen LogP contribution in [0.1, 0.15) is 12.0 Å². The van der Waals surface area contributed by atoms with Crippen molar-refractivity contribution in [1.82, 2.24) is 0 Å². The summed E-state index contributed by atoms with van der Waals surface area (Å²) in [4.78, 5) is 3.81. The molecular weight excluding hydrogens is 521 g/mol. The van der Waals surface area contributed by atoms with Crippen LogP contribution in [-0.2, 0) is 24.7 Å². The minimum Gasteiger partial charge on any atom is -0.371 e. The van der Waals surface area contributed by atoms with Gasteiger partial charge in [-0.05, 0) is 35.0 Å². The Hall–Kier alpha value is -2.82. The molecule has 3 aromatic rings. The minimum absolute atomic E-state index is 0.0342. The molecule has 0 bridgehead atoms. The molecule has 3 aromatic carbocycles. The molecule has 1 unspecified atom stereocenters. The molecule has 0 amide bonds. The summed E-state index contributed by atoms with van der Waals surface area (Å²) < 4.78 is 87.6. The summed E-state index contributed by atoms with van der Waals surface area (Å²) in [6, 6.07) is 14.8. The van der Waals surface area contributed by atoms with Crippen molar-refractivity contribution >= 4 is 39.2 Å². The van der Waals surface area contributed by atoms with Crippen LogP contribution in [0.25, 0.3) is 11.1 Å². The highest BCUT2D eigenvalue weighted by Crippen LogP contribution is 2.49. The predicted molar refractivity (Wildman–Crippen MR) is 117 cm³/mol. The van der Waals surface area contributed by atoms with Gasteiger partial charge in [0.1, 0.15) is 4.90 Å². The first kappa shape index (κ1) is 24.3. The number of nitrogens with zero attached hydrogens (tertiary/aromatic N) is 1. The summed E-state index contributed by atoms with van der Waals surface area (Å²) in [6.45, 7) is 0. The first-order valence-corrected chi connectivity index (χ1v) is 11.7. The van der Waals surface area contributed by atoms with Crippen LogP contribution in [0.5, 0.6) is 0 Å². The molecule has 1 aliphatic rings. The van der Waals surface area contributed by atoms with Crippen molar-refractivity contribution in [2.75, 3.05) is 0 Å². The van der Waals surface area contributed by atoms with Gasteiger partial charge in [0, 0.05) is 21.2 Å². The van der Waals surface area contributed by atoms with Gasteiger partial charge in [-0.1, -0.05) is 65.7 Å². The highest BCUT2D eigenvalue weighted by atomic mass is 35.5. The molecule has 34 heavy (non-hydrogen) atoms. The van der Waals surface area contributed by atoms with Crippen LogP contribution in [0.2, 0.25) is 10.0 Å². The van der Waals surface area contributed by atoms with Gasteiger partial charge in [0.05, 0.1) is 6.42 Å². The lowest BCUT2D eigenvalue weighted by Gasteiger charge is -2.29. The van der Waals surface area contributed by atoms with E-state index in [1.54, 1.807) is 30.3 Å². The highest BCUT2D eigenvalue weighted by Gasteiger charge is 2.63. The quantitative estimate of drug-likeness (QED) is 0.276. The van der Waals surface area contributed by atoms with Crippen LogP contribution in [0, 0.1) is 5.82 Å². The van der Waals surface area contributed by atoms with E-state index in [-0.39, 0.29) is 15.6 Å². The Morgan fingerprint density at radius 3 is 2.24 bits per heavy atom. The molecule has 12 heteroatoms. The summed E-state index contributed by atoms with van der Waals surface area (Å²) >= 11 is 11.7. The molecule has 5 nitrogen and oxygen atoms in total. The van der Waals surface area contributed by atoms with Crippen molar-refractivity contribution in [2.24, 2.45) is 5.16 Å². The predicted octanol–water partition coefficient (Wildman–Crippen LogP) is 6.70. The van der Waals surface area contributed by atoms with E-state index in [1.807, 2.05) is 0 Å². The van der Waals surface area contributed by atoms with Gasteiger partial charge in [0.2, 0.25) is 0 Å². The molecule has 0 spiro atoms. The van der Waals surface area contributed by atoms with Gasteiger partial charge < -0.3 is 9.02 Å². The van der Waals surface area contributed by atoms with Crippen molar-refractivity contribution in [3.8, 4) is 11.1 Å². The third-order valence-electron chi connectivity index (χ3n) is 5.01. The smallest absolute Gasteiger partial charge is 0.371 e. The van der Waals surface area contributed by atoms with Gasteiger partial charge in [0.25, 0.3) is 11.5 Å². The molecule has 0 N–H and O–H groups in total. The van der Waals surface area contributed by atoms with Gasteiger partial charge in [-0.15, -0.1) is 0 Å². The number of alkyl halides is 3. The Morgan fingerprint density at radius 1 is 0.971 bits per heavy atom. The molecule has 0 radical (unpaired) electrons. The SMILES string of the molecule is O=S(=O)(OC1=NOC(c2cc(Cl)cc(Cl)c2)(C(F)(F)F)C1)c1cccc(-c2ccccc2)c1F. The molecule has 1 aliphatic heterocycles. The minimum atomic E-state index is -5.06. The zero-order chi connectivity index (χ0) is 24.7. The molecule has 0 aliphatic carbocycles. The van der Waals surface area contributed by atoms with E-state index in [2.05, 4.69) is 9.99 Å². The summed E-state index contributed by atoms with van der Waals surface area (Å²) in [5.41, 5.74) is -3.24. The molecule has 1 heterocycles. The number of hydrogen-bond acceptors (Lipinski definition) is 5. The van der Waals surface area contributed by atoms with E-state index in [1.165, 1.54) is 18.2 Å². The summed E-state index contributed by atoms with van der Waals surface area (Å²) in [7, 11) is -4.90. The highest BCUT2D eigenvalue weighted by molar-refractivity contribution is 7.87. The van der Waals surface area contributed by atoms with Gasteiger partial charge in [-0.25, -0.2) is 4.39 Å². The Kier molecular flexibility index (Phi) is 6.26. The Balaban J connectivity index is 1.66. The lowest BCUT2D eigenvalue weighted by atomic mass is 9.90. The van der Waals surface area contributed by atoms with Crippen LogP contribution >= 0.6 is 23.2 Å². The maximum Gasteiger partial charge on any atom is 0.435 e. The number of benzene rings is 3. The molecule has 1 atom stereocenters. The molecule has 0 aromatic heterocycles. The van der Waals surface area contributed by atoms with Crippen molar-refractivity contribution in [2.45, 2.75) is 23.1 Å². The fraction of sp³-hybridized carbons (Fsp3) is 0.136. The molecule has 4 rings (SSSR count). The first-order valence-electron chi connectivity index (χ1n) is 9.50. The molecule has 0 saturated carbocycles. The fourth-order valence-electron chi connectivity index (χ4n) is 3.42. The van der Waals surface area contributed by atoms with Crippen LogP contribution in [-0.4, -0.2) is 20.5 Å². The van der Waals surface area contributed by atoms with Gasteiger partial charge in [-0.3, -0.25) is 0 Å². The van der Waals surface area contributed by atoms with Crippen molar-refractivity contribution in [3.05, 3.63) is 88.2 Å². The Morgan fingerprint density at radius 2 is 1.62 bits per heavy atom. The van der Waals surface area contributed by atoms with Crippen LogP contribution in [0.3, 0.4) is 0 Å². The van der Waals surface area contributed by atoms with E-state index in [4.69, 9.17) is 27.4 Å². The van der Waals surface area contributed by atoms with E-state index in [0.29, 0.717) is 5.56 Å². The second kappa shape index (κ2) is 8.75. The first-order chi connectivity index (χ1) is 15.9. The summed E-state index contributed by atoms with van der Waals surface area (Å²) in [5, 5.41) is 3.00. The lowest BCUT2D eigenvalue weighted by Crippen LogP contribution is -2.43. The maximum absolute atomic E-state index is 15.1. The van der Waals surface area contributed by atoms with Crippen molar-refractivity contribution < 1.29 is 35.0 Å². The largest absolute Gasteiger partial charge is 0.435 e. The molecule has 0 saturated heterocycles. The van der Waals surface area contributed by atoms with Crippen molar-refractivity contribution in [1.29, 1.82) is 0 Å². The number of halogens is 6. The molecule has 178 valence electrons. The molecular formula is C22H13Cl2F4NO4S.